The number of para-hydroxylation sites is 1. The molecule has 3 aromatic carbocycles. The molecule has 0 unspecified atom stereocenters. The van der Waals surface area contributed by atoms with E-state index in [1.54, 1.807) is 42.5 Å². The van der Waals surface area contributed by atoms with Gasteiger partial charge in [0.2, 0.25) is 0 Å². The molecule has 162 valence electrons. The zero-order valence-corrected chi connectivity index (χ0v) is 18.4. The van der Waals surface area contributed by atoms with Gasteiger partial charge in [-0.1, -0.05) is 48.0 Å². The highest BCUT2D eigenvalue weighted by atomic mass is 35.5. The Kier molecular flexibility index (Phi) is 5.73. The lowest BCUT2D eigenvalue weighted by Crippen LogP contribution is -2.15. The van der Waals surface area contributed by atoms with Crippen molar-refractivity contribution in [2.45, 2.75) is 4.90 Å². The number of carbonyl (C=O) groups excluding carboxylic acids is 2. The van der Waals surface area contributed by atoms with Crippen LogP contribution >= 0.6 is 11.6 Å². The number of benzene rings is 3. The van der Waals surface area contributed by atoms with Crippen molar-refractivity contribution in [1.29, 1.82) is 0 Å². The van der Waals surface area contributed by atoms with E-state index in [1.807, 2.05) is 0 Å². The molecule has 1 N–H and O–H groups in total. The Bertz CT molecular complexity index is 1450. The second-order valence-corrected chi connectivity index (χ2v) is 8.93. The van der Waals surface area contributed by atoms with Crippen LogP contribution in [0.5, 0.6) is 0 Å². The molecule has 4 aromatic rings. The summed E-state index contributed by atoms with van der Waals surface area (Å²) in [6.45, 7) is 0. The number of hydrogen-bond acceptors (Lipinski definition) is 5. The molecule has 0 atom stereocenters. The highest BCUT2D eigenvalue weighted by Gasteiger charge is 2.22. The minimum atomic E-state index is -3.85. The van der Waals surface area contributed by atoms with E-state index in [4.69, 9.17) is 16.3 Å². The summed E-state index contributed by atoms with van der Waals surface area (Å²) in [5.74, 6) is -1.11. The molecule has 0 aliphatic carbocycles. The molecule has 1 aromatic heterocycles. The summed E-state index contributed by atoms with van der Waals surface area (Å²) in [5, 5.41) is 0.680. The third-order valence-corrected chi connectivity index (χ3v) is 6.57. The minimum absolute atomic E-state index is 0.0668. The van der Waals surface area contributed by atoms with Crippen LogP contribution in [0.4, 0.5) is 5.69 Å². The number of hydrogen-bond donors (Lipinski definition) is 1. The maximum absolute atomic E-state index is 13.3. The average molecular weight is 469 g/mol. The monoisotopic (exact) mass is 468 g/mol. The molecular formula is C23H17ClN2O5S. The van der Waals surface area contributed by atoms with Crippen LogP contribution in [0.25, 0.3) is 10.9 Å². The van der Waals surface area contributed by atoms with E-state index < -0.39 is 21.9 Å². The van der Waals surface area contributed by atoms with Gasteiger partial charge in [-0.15, -0.1) is 0 Å². The highest BCUT2D eigenvalue weighted by Crippen LogP contribution is 2.27. The van der Waals surface area contributed by atoms with Crippen LogP contribution in [0.3, 0.4) is 0 Å². The maximum Gasteiger partial charge on any atom is 0.340 e. The second-order valence-electron chi connectivity index (χ2n) is 6.84. The van der Waals surface area contributed by atoms with Gasteiger partial charge in [-0.05, 0) is 36.4 Å². The fourth-order valence-corrected chi connectivity index (χ4v) is 4.59. The lowest BCUT2D eigenvalue weighted by molar-refractivity contribution is 0.0603. The van der Waals surface area contributed by atoms with Gasteiger partial charge in [0.05, 0.1) is 33.7 Å². The fourth-order valence-electron chi connectivity index (χ4n) is 3.32. The number of halogens is 1. The first kappa shape index (κ1) is 21.6. The predicted molar refractivity (Wildman–Crippen MR) is 122 cm³/mol. The first-order valence-electron chi connectivity index (χ1n) is 9.42. The van der Waals surface area contributed by atoms with Crippen LogP contribution in [0, 0.1) is 0 Å². The van der Waals surface area contributed by atoms with E-state index in [1.165, 1.54) is 48.2 Å². The van der Waals surface area contributed by atoms with Crippen LogP contribution in [0.2, 0.25) is 5.02 Å². The van der Waals surface area contributed by atoms with Crippen molar-refractivity contribution < 1.29 is 22.7 Å². The normalized spacial score (nSPS) is 11.3. The lowest BCUT2D eigenvalue weighted by Gasteiger charge is -2.11. The number of ether oxygens (including phenoxy) is 1. The number of anilines is 1. The summed E-state index contributed by atoms with van der Waals surface area (Å²) < 4.78 is 33.8. The number of sulfonamides is 1. The molecule has 0 fully saturated rings. The quantitative estimate of drug-likeness (QED) is 0.433. The highest BCUT2D eigenvalue weighted by molar-refractivity contribution is 7.92. The number of methoxy groups -OCH3 is 1. The van der Waals surface area contributed by atoms with Gasteiger partial charge < -0.3 is 4.74 Å². The van der Waals surface area contributed by atoms with Crippen LogP contribution in [0.1, 0.15) is 20.7 Å². The fraction of sp³-hybridized carbons (Fsp3) is 0.0435. The van der Waals surface area contributed by atoms with Gasteiger partial charge in [0.25, 0.3) is 15.9 Å². The zero-order valence-electron chi connectivity index (χ0n) is 16.8. The number of fused-ring (bicyclic) bond motifs is 1. The van der Waals surface area contributed by atoms with Crippen molar-refractivity contribution in [2.75, 3.05) is 11.8 Å². The third kappa shape index (κ3) is 3.98. The molecule has 4 rings (SSSR count). The Hall–Kier alpha value is -3.62. The second kappa shape index (κ2) is 8.49. The summed E-state index contributed by atoms with van der Waals surface area (Å²) in [4.78, 5) is 25.6. The van der Waals surface area contributed by atoms with E-state index in [2.05, 4.69) is 4.72 Å². The molecule has 0 spiro atoms. The van der Waals surface area contributed by atoms with Gasteiger partial charge >= 0.3 is 5.97 Å². The van der Waals surface area contributed by atoms with Gasteiger partial charge in [0.1, 0.15) is 0 Å². The molecule has 1 heterocycles. The van der Waals surface area contributed by atoms with Crippen LogP contribution in [0.15, 0.2) is 83.9 Å². The molecule has 0 saturated carbocycles. The summed E-state index contributed by atoms with van der Waals surface area (Å²) in [6, 6.07) is 19.0. The Morgan fingerprint density at radius 3 is 2.34 bits per heavy atom. The first-order valence-corrected chi connectivity index (χ1v) is 11.3. The Balaban J connectivity index is 1.75. The van der Waals surface area contributed by atoms with Crippen molar-refractivity contribution >= 4 is 50.1 Å². The average Bonchev–Trinajstić information content (AvgIpc) is 3.19. The number of nitrogens with zero attached hydrogens (tertiary/aromatic N) is 1. The predicted octanol–water partition coefficient (Wildman–Crippen LogP) is 4.57. The number of rotatable bonds is 5. The van der Waals surface area contributed by atoms with Crippen LogP contribution < -0.4 is 4.72 Å². The number of esters is 1. The smallest absolute Gasteiger partial charge is 0.340 e. The Morgan fingerprint density at radius 1 is 0.938 bits per heavy atom. The van der Waals surface area contributed by atoms with E-state index in [0.29, 0.717) is 10.9 Å². The molecule has 32 heavy (non-hydrogen) atoms. The standard InChI is InChI=1S/C23H17ClN2O5S/c1-31-23(28)19-14-26(21-10-6-5-9-17(19)21)22(27)18-13-15(11-12-20(18)24)25-32(29,30)16-7-3-2-4-8-16/h2-14,25H,1H3. The van der Waals surface area contributed by atoms with Crippen molar-refractivity contribution in [3.8, 4) is 0 Å². The number of nitrogens with one attached hydrogen (secondary N) is 1. The van der Waals surface area contributed by atoms with Gasteiger partial charge in [0.15, 0.2) is 0 Å². The van der Waals surface area contributed by atoms with Gasteiger partial charge in [-0.3, -0.25) is 14.1 Å². The molecule has 0 bridgehead atoms. The summed E-state index contributed by atoms with van der Waals surface area (Å²) in [5.41, 5.74) is 0.959. The van der Waals surface area contributed by atoms with Crippen molar-refractivity contribution in [3.05, 3.63) is 95.1 Å². The van der Waals surface area contributed by atoms with E-state index >= 15 is 0 Å². The first-order chi connectivity index (χ1) is 15.3. The SMILES string of the molecule is COC(=O)c1cn(C(=O)c2cc(NS(=O)(=O)c3ccccc3)ccc2Cl)c2ccccc12. The van der Waals surface area contributed by atoms with E-state index in [0.717, 1.165) is 0 Å². The number of carbonyl (C=O) groups is 2. The third-order valence-electron chi connectivity index (χ3n) is 4.84. The Morgan fingerprint density at radius 2 is 1.62 bits per heavy atom. The molecule has 0 aliphatic heterocycles. The number of aromatic nitrogens is 1. The summed E-state index contributed by atoms with van der Waals surface area (Å²) in [6.07, 6.45) is 1.38. The lowest BCUT2D eigenvalue weighted by atomic mass is 10.1. The van der Waals surface area contributed by atoms with Crippen LogP contribution in [-0.4, -0.2) is 32.0 Å². The molecular weight excluding hydrogens is 452 g/mol. The van der Waals surface area contributed by atoms with Gasteiger partial charge in [0, 0.05) is 17.3 Å². The largest absolute Gasteiger partial charge is 0.465 e. The van der Waals surface area contributed by atoms with Crippen LogP contribution in [-0.2, 0) is 14.8 Å². The summed E-state index contributed by atoms with van der Waals surface area (Å²) >= 11 is 6.27. The van der Waals surface area contributed by atoms with E-state index in [-0.39, 0.29) is 26.7 Å². The van der Waals surface area contributed by atoms with Crippen molar-refractivity contribution in [3.63, 3.8) is 0 Å². The summed E-state index contributed by atoms with van der Waals surface area (Å²) in [7, 11) is -2.59. The molecule has 9 heteroatoms. The van der Waals surface area contributed by atoms with E-state index in [9.17, 15) is 18.0 Å². The zero-order chi connectivity index (χ0) is 22.9. The van der Waals surface area contributed by atoms with Gasteiger partial charge in [-0.25, -0.2) is 13.2 Å². The molecule has 0 amide bonds. The van der Waals surface area contributed by atoms with Crippen molar-refractivity contribution in [1.82, 2.24) is 4.57 Å². The topological polar surface area (TPSA) is 94.5 Å². The molecule has 7 nitrogen and oxygen atoms in total. The molecule has 0 saturated heterocycles. The molecule has 0 aliphatic rings. The minimum Gasteiger partial charge on any atom is -0.465 e. The van der Waals surface area contributed by atoms with Gasteiger partial charge in [-0.2, -0.15) is 0 Å². The Labute approximate surface area is 189 Å². The maximum atomic E-state index is 13.3. The molecule has 0 radical (unpaired) electrons. The van der Waals surface area contributed by atoms with Crippen molar-refractivity contribution in [2.24, 2.45) is 0 Å².